The number of hydrogen-bond acceptors (Lipinski definition) is 4. The minimum absolute atomic E-state index is 0.214. The van der Waals surface area contributed by atoms with Crippen LogP contribution in [0.5, 0.6) is 0 Å². The normalized spacial score (nSPS) is 14.3. The average Bonchev–Trinajstić information content (AvgIpc) is 2.86. The molecule has 0 bridgehead atoms. The Balaban J connectivity index is 2.07. The minimum atomic E-state index is -0.342. The van der Waals surface area contributed by atoms with Crippen molar-refractivity contribution in [1.82, 2.24) is 4.90 Å². The predicted octanol–water partition coefficient (Wildman–Crippen LogP) is 3.90. The zero-order chi connectivity index (χ0) is 19.6. The molecule has 1 heterocycles. The number of ether oxygens (including phenoxy) is 1. The fraction of sp³-hybridized carbons (Fsp3) is 0.238. The molecule has 2 aromatic rings. The summed E-state index contributed by atoms with van der Waals surface area (Å²) in [4.78, 5) is 27.2. The van der Waals surface area contributed by atoms with E-state index in [0.29, 0.717) is 12.2 Å². The van der Waals surface area contributed by atoms with Crippen molar-refractivity contribution in [3.63, 3.8) is 0 Å². The maximum Gasteiger partial charge on any atom is 0.278 e. The monoisotopic (exact) mass is 428 g/mol. The van der Waals surface area contributed by atoms with Gasteiger partial charge in [0.15, 0.2) is 0 Å². The summed E-state index contributed by atoms with van der Waals surface area (Å²) in [6.45, 7) is 4.51. The molecule has 0 fully saturated rings. The molecule has 0 aromatic heterocycles. The lowest BCUT2D eigenvalue weighted by atomic mass is 9.99. The molecule has 0 unspecified atom stereocenters. The molecule has 0 spiro atoms. The molecule has 0 saturated heterocycles. The fourth-order valence-electron chi connectivity index (χ4n) is 2.95. The third kappa shape index (κ3) is 3.96. The first-order chi connectivity index (χ1) is 12.9. The largest absolute Gasteiger partial charge is 0.383 e. The van der Waals surface area contributed by atoms with Crippen molar-refractivity contribution in [2.45, 2.75) is 13.8 Å². The van der Waals surface area contributed by atoms with Gasteiger partial charge in [-0.1, -0.05) is 40.2 Å². The third-order valence-corrected chi connectivity index (χ3v) is 5.07. The van der Waals surface area contributed by atoms with E-state index in [9.17, 15) is 9.59 Å². The van der Waals surface area contributed by atoms with Gasteiger partial charge in [-0.25, -0.2) is 0 Å². The highest BCUT2D eigenvalue weighted by Crippen LogP contribution is 2.31. The summed E-state index contributed by atoms with van der Waals surface area (Å²) in [6.07, 6.45) is 0. The molecule has 2 aromatic carbocycles. The van der Waals surface area contributed by atoms with E-state index in [1.165, 1.54) is 4.90 Å². The number of amides is 2. The van der Waals surface area contributed by atoms with Crippen molar-refractivity contribution in [2.75, 3.05) is 25.6 Å². The molecule has 6 heteroatoms. The lowest BCUT2D eigenvalue weighted by Crippen LogP contribution is -2.35. The van der Waals surface area contributed by atoms with Crippen LogP contribution < -0.4 is 5.32 Å². The van der Waals surface area contributed by atoms with Gasteiger partial charge in [0.1, 0.15) is 5.70 Å². The molecule has 0 atom stereocenters. The van der Waals surface area contributed by atoms with Gasteiger partial charge in [0.05, 0.1) is 18.7 Å². The Bertz CT molecular complexity index is 937. The van der Waals surface area contributed by atoms with Crippen LogP contribution in [0.1, 0.15) is 16.7 Å². The maximum atomic E-state index is 13.0. The van der Waals surface area contributed by atoms with E-state index in [1.807, 2.05) is 56.3 Å². The van der Waals surface area contributed by atoms with Gasteiger partial charge in [-0.3, -0.25) is 14.5 Å². The van der Waals surface area contributed by atoms with Crippen molar-refractivity contribution < 1.29 is 14.3 Å². The zero-order valence-corrected chi connectivity index (χ0v) is 17.1. The highest BCUT2D eigenvalue weighted by molar-refractivity contribution is 9.10. The summed E-state index contributed by atoms with van der Waals surface area (Å²) in [5.41, 5.74) is 4.34. The van der Waals surface area contributed by atoms with Gasteiger partial charge < -0.3 is 10.1 Å². The van der Waals surface area contributed by atoms with E-state index in [1.54, 1.807) is 7.11 Å². The van der Waals surface area contributed by atoms with Crippen LogP contribution in [0.2, 0.25) is 0 Å². The minimum Gasteiger partial charge on any atom is -0.383 e. The number of hydrogen-bond donors (Lipinski definition) is 1. The van der Waals surface area contributed by atoms with E-state index >= 15 is 0 Å². The van der Waals surface area contributed by atoms with Crippen LogP contribution in [0.15, 0.2) is 52.6 Å². The predicted molar refractivity (Wildman–Crippen MR) is 109 cm³/mol. The molecule has 5 nitrogen and oxygen atoms in total. The second-order valence-electron chi connectivity index (χ2n) is 6.44. The molecule has 1 aliphatic heterocycles. The molecule has 140 valence electrons. The van der Waals surface area contributed by atoms with Gasteiger partial charge in [0.25, 0.3) is 11.8 Å². The smallest absolute Gasteiger partial charge is 0.278 e. The van der Waals surface area contributed by atoms with Crippen LogP contribution in [0.25, 0.3) is 5.57 Å². The van der Waals surface area contributed by atoms with E-state index in [0.717, 1.165) is 26.9 Å². The lowest BCUT2D eigenvalue weighted by Gasteiger charge is -2.14. The van der Waals surface area contributed by atoms with Crippen LogP contribution in [-0.4, -0.2) is 37.0 Å². The molecule has 0 saturated carbocycles. The van der Waals surface area contributed by atoms with Gasteiger partial charge in [-0.2, -0.15) is 0 Å². The molecular weight excluding hydrogens is 408 g/mol. The summed E-state index contributed by atoms with van der Waals surface area (Å²) in [7, 11) is 1.54. The van der Waals surface area contributed by atoms with Crippen LogP contribution >= 0.6 is 15.9 Å². The van der Waals surface area contributed by atoms with Crippen LogP contribution in [0.3, 0.4) is 0 Å². The topological polar surface area (TPSA) is 58.6 Å². The fourth-order valence-corrected chi connectivity index (χ4v) is 3.35. The molecule has 3 rings (SSSR count). The Kier molecular flexibility index (Phi) is 5.77. The number of benzene rings is 2. The third-order valence-electron chi connectivity index (χ3n) is 4.58. The molecule has 1 N–H and O–H groups in total. The second-order valence-corrected chi connectivity index (χ2v) is 7.35. The number of imide groups is 1. The molecule has 27 heavy (non-hydrogen) atoms. The summed E-state index contributed by atoms with van der Waals surface area (Å²) in [5.74, 6) is -0.650. The number of anilines is 1. The Hall–Kier alpha value is -2.44. The summed E-state index contributed by atoms with van der Waals surface area (Å²) in [6, 6.07) is 13.3. The van der Waals surface area contributed by atoms with Crippen molar-refractivity contribution in [1.29, 1.82) is 0 Å². The number of nitrogens with one attached hydrogen (secondary N) is 1. The number of nitrogens with zero attached hydrogens (tertiary/aromatic N) is 1. The number of carbonyl (C=O) groups is 2. The molecule has 0 aliphatic carbocycles. The van der Waals surface area contributed by atoms with Gasteiger partial charge in [0, 0.05) is 17.3 Å². The van der Waals surface area contributed by atoms with Gasteiger partial charge in [-0.05, 0) is 48.7 Å². The van der Waals surface area contributed by atoms with Crippen molar-refractivity contribution in [3.05, 3.63) is 69.3 Å². The highest BCUT2D eigenvalue weighted by atomic mass is 79.9. The quantitative estimate of drug-likeness (QED) is 0.708. The number of carbonyl (C=O) groups excluding carboxylic acids is 2. The van der Waals surface area contributed by atoms with Crippen LogP contribution in [0.4, 0.5) is 5.69 Å². The van der Waals surface area contributed by atoms with Crippen LogP contribution in [0, 0.1) is 13.8 Å². The SMILES string of the molecule is COCCN1C(=O)C(Nc2cccc(Br)c2)=C(c2ccc(C)c(C)c2)C1=O. The van der Waals surface area contributed by atoms with Gasteiger partial charge in [-0.15, -0.1) is 0 Å². The zero-order valence-electron chi connectivity index (χ0n) is 15.5. The first-order valence-electron chi connectivity index (χ1n) is 8.62. The average molecular weight is 429 g/mol. The second kappa shape index (κ2) is 8.06. The van der Waals surface area contributed by atoms with Gasteiger partial charge in [0.2, 0.25) is 0 Å². The van der Waals surface area contributed by atoms with Crippen molar-refractivity contribution >= 4 is 39.0 Å². The van der Waals surface area contributed by atoms with Crippen molar-refractivity contribution in [3.8, 4) is 0 Å². The Morgan fingerprint density at radius 2 is 1.81 bits per heavy atom. The molecule has 0 radical (unpaired) electrons. The number of halogens is 1. The Morgan fingerprint density at radius 1 is 1.04 bits per heavy atom. The first kappa shape index (κ1) is 19.3. The molecule has 1 aliphatic rings. The number of rotatable bonds is 6. The lowest BCUT2D eigenvalue weighted by molar-refractivity contribution is -0.137. The van der Waals surface area contributed by atoms with Crippen molar-refractivity contribution in [2.24, 2.45) is 0 Å². The number of methoxy groups -OCH3 is 1. The molecular formula is C21H21BrN2O3. The molecule has 2 amide bonds. The Morgan fingerprint density at radius 3 is 2.48 bits per heavy atom. The highest BCUT2D eigenvalue weighted by Gasteiger charge is 2.39. The van der Waals surface area contributed by atoms with Gasteiger partial charge >= 0.3 is 0 Å². The van der Waals surface area contributed by atoms with E-state index < -0.39 is 0 Å². The van der Waals surface area contributed by atoms with E-state index in [-0.39, 0.29) is 24.1 Å². The van der Waals surface area contributed by atoms with Crippen LogP contribution in [-0.2, 0) is 14.3 Å². The summed E-state index contributed by atoms with van der Waals surface area (Å²) in [5, 5.41) is 3.15. The maximum absolute atomic E-state index is 13.0. The number of aryl methyl sites for hydroxylation is 2. The van der Waals surface area contributed by atoms with E-state index in [4.69, 9.17) is 4.74 Å². The summed E-state index contributed by atoms with van der Waals surface area (Å²) >= 11 is 3.43. The summed E-state index contributed by atoms with van der Waals surface area (Å²) < 4.78 is 5.94. The van der Waals surface area contributed by atoms with E-state index in [2.05, 4.69) is 21.2 Å². The standard InChI is InChI=1S/C21H21BrN2O3/c1-13-7-8-15(11-14(13)2)18-19(23-17-6-4-5-16(22)12-17)21(26)24(20(18)25)9-10-27-3/h4-8,11-12,23H,9-10H2,1-3H3. The first-order valence-corrected chi connectivity index (χ1v) is 9.41. The Labute approximate surface area is 167 Å².